The van der Waals surface area contributed by atoms with Gasteiger partial charge in [-0.1, -0.05) is 6.07 Å². The zero-order valence-corrected chi connectivity index (χ0v) is 11.3. The molecule has 1 aliphatic heterocycles. The summed E-state index contributed by atoms with van der Waals surface area (Å²) in [5.74, 6) is 1.27. The maximum Gasteiger partial charge on any atom is 0.133 e. The van der Waals surface area contributed by atoms with Crippen molar-refractivity contribution in [3.8, 4) is 5.75 Å². The molecule has 2 aromatic heterocycles. The van der Waals surface area contributed by atoms with E-state index in [0.29, 0.717) is 0 Å². The summed E-state index contributed by atoms with van der Waals surface area (Å²) in [5, 5.41) is 9.23. The van der Waals surface area contributed by atoms with Crippen LogP contribution in [0.15, 0.2) is 42.7 Å². The van der Waals surface area contributed by atoms with Gasteiger partial charge in [0.1, 0.15) is 11.6 Å². The fourth-order valence-electron chi connectivity index (χ4n) is 2.42. The van der Waals surface area contributed by atoms with Crippen molar-refractivity contribution in [1.29, 1.82) is 0 Å². The van der Waals surface area contributed by atoms with E-state index in [-0.39, 0.29) is 5.75 Å². The predicted molar refractivity (Wildman–Crippen MR) is 77.6 cm³/mol. The Morgan fingerprint density at radius 2 is 1.85 bits per heavy atom. The molecule has 0 amide bonds. The predicted octanol–water partition coefficient (Wildman–Crippen LogP) is 1.50. The highest BCUT2D eigenvalue weighted by Gasteiger charge is 2.18. The SMILES string of the molecule is Oc1ccc(CN2CCN(c3ccccn3)CC2)nc1. The Labute approximate surface area is 118 Å². The third kappa shape index (κ3) is 3.05. The first kappa shape index (κ1) is 12.9. The first-order valence-electron chi connectivity index (χ1n) is 6.83. The van der Waals surface area contributed by atoms with Gasteiger partial charge in [-0.15, -0.1) is 0 Å². The van der Waals surface area contributed by atoms with Gasteiger partial charge in [0.15, 0.2) is 0 Å². The Morgan fingerprint density at radius 1 is 1.00 bits per heavy atom. The average molecular weight is 270 g/mol. The van der Waals surface area contributed by atoms with Gasteiger partial charge >= 0.3 is 0 Å². The van der Waals surface area contributed by atoms with Gasteiger partial charge in [-0.05, 0) is 24.3 Å². The summed E-state index contributed by atoms with van der Waals surface area (Å²) in [6, 6.07) is 9.58. The molecule has 0 spiro atoms. The van der Waals surface area contributed by atoms with Crippen LogP contribution in [0.5, 0.6) is 5.75 Å². The highest BCUT2D eigenvalue weighted by atomic mass is 16.3. The largest absolute Gasteiger partial charge is 0.506 e. The standard InChI is InChI=1S/C15H18N4O/c20-14-5-4-13(17-11-14)12-18-7-9-19(10-8-18)15-3-1-2-6-16-15/h1-6,11,20H,7-10,12H2. The number of nitrogens with zero attached hydrogens (tertiary/aromatic N) is 4. The molecule has 20 heavy (non-hydrogen) atoms. The van der Waals surface area contributed by atoms with Crippen molar-refractivity contribution in [3.63, 3.8) is 0 Å². The van der Waals surface area contributed by atoms with E-state index in [0.717, 1.165) is 44.2 Å². The maximum absolute atomic E-state index is 9.23. The van der Waals surface area contributed by atoms with E-state index in [1.807, 2.05) is 24.4 Å². The molecule has 1 fully saturated rings. The number of piperazine rings is 1. The molecular weight excluding hydrogens is 252 g/mol. The third-order valence-electron chi connectivity index (χ3n) is 3.54. The summed E-state index contributed by atoms with van der Waals surface area (Å²) in [7, 11) is 0. The third-order valence-corrected chi connectivity index (χ3v) is 3.54. The Morgan fingerprint density at radius 3 is 2.50 bits per heavy atom. The fourth-order valence-corrected chi connectivity index (χ4v) is 2.42. The van der Waals surface area contributed by atoms with Gasteiger partial charge in [0.25, 0.3) is 0 Å². The van der Waals surface area contributed by atoms with E-state index in [2.05, 4.69) is 25.8 Å². The zero-order chi connectivity index (χ0) is 13.8. The Balaban J connectivity index is 1.55. The van der Waals surface area contributed by atoms with Gasteiger partial charge in [0, 0.05) is 38.9 Å². The van der Waals surface area contributed by atoms with E-state index in [4.69, 9.17) is 0 Å². The van der Waals surface area contributed by atoms with E-state index in [1.54, 1.807) is 6.07 Å². The first-order valence-corrected chi connectivity index (χ1v) is 6.83. The van der Waals surface area contributed by atoms with Crippen molar-refractivity contribution in [1.82, 2.24) is 14.9 Å². The molecule has 0 aliphatic carbocycles. The van der Waals surface area contributed by atoms with Gasteiger partial charge in [0.2, 0.25) is 0 Å². The van der Waals surface area contributed by atoms with Gasteiger partial charge in [-0.2, -0.15) is 0 Å². The highest BCUT2D eigenvalue weighted by Crippen LogP contribution is 2.14. The van der Waals surface area contributed by atoms with E-state index in [1.165, 1.54) is 6.20 Å². The van der Waals surface area contributed by atoms with Crippen molar-refractivity contribution in [2.75, 3.05) is 31.1 Å². The number of aromatic nitrogens is 2. The molecule has 5 nitrogen and oxygen atoms in total. The Hall–Kier alpha value is -2.14. The fraction of sp³-hybridized carbons (Fsp3) is 0.333. The molecule has 0 unspecified atom stereocenters. The van der Waals surface area contributed by atoms with Crippen LogP contribution in [-0.2, 0) is 6.54 Å². The van der Waals surface area contributed by atoms with Crippen molar-refractivity contribution in [2.45, 2.75) is 6.54 Å². The second-order valence-electron chi connectivity index (χ2n) is 4.96. The second kappa shape index (κ2) is 5.88. The molecule has 3 rings (SSSR count). The lowest BCUT2D eigenvalue weighted by atomic mass is 10.2. The number of pyridine rings is 2. The van der Waals surface area contributed by atoms with Crippen LogP contribution < -0.4 is 4.90 Å². The van der Waals surface area contributed by atoms with Gasteiger partial charge < -0.3 is 10.0 Å². The van der Waals surface area contributed by atoms with Gasteiger partial charge in [-0.25, -0.2) is 4.98 Å². The lowest BCUT2D eigenvalue weighted by Gasteiger charge is -2.35. The van der Waals surface area contributed by atoms with Gasteiger partial charge in [0.05, 0.1) is 11.9 Å². The van der Waals surface area contributed by atoms with E-state index in [9.17, 15) is 5.11 Å². The Kier molecular flexibility index (Phi) is 3.78. The molecule has 1 aliphatic rings. The van der Waals surface area contributed by atoms with Crippen LogP contribution in [0.3, 0.4) is 0 Å². The Bertz CT molecular complexity index is 536. The first-order chi connectivity index (χ1) is 9.81. The summed E-state index contributed by atoms with van der Waals surface area (Å²) < 4.78 is 0. The molecule has 0 saturated carbocycles. The van der Waals surface area contributed by atoms with Gasteiger partial charge in [-0.3, -0.25) is 9.88 Å². The van der Waals surface area contributed by atoms with E-state index >= 15 is 0 Å². The number of hydrogen-bond donors (Lipinski definition) is 1. The lowest BCUT2D eigenvalue weighted by Crippen LogP contribution is -2.46. The lowest BCUT2D eigenvalue weighted by molar-refractivity contribution is 0.246. The summed E-state index contributed by atoms with van der Waals surface area (Å²) in [4.78, 5) is 13.3. The monoisotopic (exact) mass is 270 g/mol. The van der Waals surface area contributed by atoms with Crippen LogP contribution in [0.1, 0.15) is 5.69 Å². The quantitative estimate of drug-likeness (QED) is 0.916. The van der Waals surface area contributed by atoms with E-state index < -0.39 is 0 Å². The normalized spacial score (nSPS) is 16.3. The van der Waals surface area contributed by atoms with Crippen LogP contribution in [-0.4, -0.2) is 46.2 Å². The van der Waals surface area contributed by atoms with Crippen LogP contribution >= 0.6 is 0 Å². The number of anilines is 1. The molecule has 0 bridgehead atoms. The van der Waals surface area contributed by atoms with Crippen molar-refractivity contribution in [3.05, 3.63) is 48.4 Å². The minimum absolute atomic E-state index is 0.216. The molecule has 1 saturated heterocycles. The summed E-state index contributed by atoms with van der Waals surface area (Å²) in [6.07, 6.45) is 3.33. The van der Waals surface area contributed by atoms with Crippen LogP contribution in [0, 0.1) is 0 Å². The molecular formula is C15H18N4O. The second-order valence-corrected chi connectivity index (χ2v) is 4.96. The molecule has 0 radical (unpaired) electrons. The average Bonchev–Trinajstić information content (AvgIpc) is 2.51. The zero-order valence-electron chi connectivity index (χ0n) is 11.3. The molecule has 1 N–H and O–H groups in total. The summed E-state index contributed by atoms with van der Waals surface area (Å²) >= 11 is 0. The molecule has 0 aromatic carbocycles. The summed E-state index contributed by atoms with van der Waals surface area (Å²) in [5.41, 5.74) is 0.995. The number of hydrogen-bond acceptors (Lipinski definition) is 5. The smallest absolute Gasteiger partial charge is 0.133 e. The van der Waals surface area contributed by atoms with Crippen LogP contribution in [0.2, 0.25) is 0 Å². The highest BCUT2D eigenvalue weighted by molar-refractivity contribution is 5.38. The molecule has 5 heteroatoms. The van der Waals surface area contributed by atoms with Crippen LogP contribution in [0.25, 0.3) is 0 Å². The maximum atomic E-state index is 9.23. The van der Waals surface area contributed by atoms with Crippen molar-refractivity contribution in [2.24, 2.45) is 0 Å². The number of rotatable bonds is 3. The minimum atomic E-state index is 0.216. The van der Waals surface area contributed by atoms with Crippen molar-refractivity contribution < 1.29 is 5.11 Å². The molecule has 0 atom stereocenters. The molecule has 3 heterocycles. The summed E-state index contributed by atoms with van der Waals surface area (Å²) in [6.45, 7) is 4.79. The van der Waals surface area contributed by atoms with Crippen molar-refractivity contribution >= 4 is 5.82 Å². The minimum Gasteiger partial charge on any atom is -0.506 e. The molecule has 104 valence electrons. The number of aromatic hydroxyl groups is 1. The van der Waals surface area contributed by atoms with Crippen LogP contribution in [0.4, 0.5) is 5.82 Å². The molecule has 2 aromatic rings. The topological polar surface area (TPSA) is 52.5 Å².